The molecule has 0 amide bonds. The molecule has 0 unspecified atom stereocenters. The molecule has 5 rings (SSSR count). The summed E-state index contributed by atoms with van der Waals surface area (Å²) in [4.78, 5) is 13.0. The van der Waals surface area contributed by atoms with E-state index in [1.807, 2.05) is 0 Å². The van der Waals surface area contributed by atoms with Gasteiger partial charge in [-0.3, -0.25) is 0 Å². The zero-order valence-corrected chi connectivity index (χ0v) is 28.3. The second-order valence-corrected chi connectivity index (χ2v) is 12.7. The fourth-order valence-corrected chi connectivity index (χ4v) is 5.89. The number of ether oxygens (including phenoxy) is 7. The summed E-state index contributed by atoms with van der Waals surface area (Å²) in [5.74, 6) is -1.74. The topological polar surface area (TPSA) is 284 Å². The predicted octanol–water partition coefficient (Wildman–Crippen LogP) is -1.79. The van der Waals surface area contributed by atoms with Gasteiger partial charge in [-0.1, -0.05) is 30.4 Å². The zero-order valence-electron chi connectivity index (χ0n) is 28.3. The third kappa shape index (κ3) is 9.88. The zero-order chi connectivity index (χ0) is 38.4. The molecule has 3 fully saturated rings. The van der Waals surface area contributed by atoms with Crippen LogP contribution in [-0.4, -0.2) is 163 Å². The van der Waals surface area contributed by atoms with E-state index in [9.17, 15) is 55.9 Å². The average molecular weight is 753 g/mol. The third-order valence-corrected chi connectivity index (χ3v) is 8.83. The molecule has 10 N–H and O–H groups in total. The van der Waals surface area contributed by atoms with Crippen LogP contribution in [0.15, 0.2) is 54.6 Å². The van der Waals surface area contributed by atoms with Crippen LogP contribution in [0.3, 0.4) is 0 Å². The Bertz CT molecular complexity index is 1550. The fraction of sp³-hybridized carbons (Fsp3) is 0.514. The molecule has 0 bridgehead atoms. The molecule has 53 heavy (non-hydrogen) atoms. The highest BCUT2D eigenvalue weighted by molar-refractivity contribution is 5.87. The molecule has 3 saturated heterocycles. The molecule has 3 aliphatic heterocycles. The molecule has 0 spiro atoms. The molecule has 3 aliphatic rings. The number of carbonyl (C=O) groups is 1. The Labute approximate surface area is 302 Å². The van der Waals surface area contributed by atoms with Crippen molar-refractivity contribution in [1.82, 2.24) is 0 Å². The van der Waals surface area contributed by atoms with Gasteiger partial charge in [0.1, 0.15) is 60.7 Å². The minimum atomic E-state index is -1.89. The van der Waals surface area contributed by atoms with Crippen LogP contribution in [0.2, 0.25) is 0 Å². The Hall–Kier alpha value is -3.73. The van der Waals surface area contributed by atoms with E-state index in [2.05, 4.69) is 0 Å². The maximum Gasteiger partial charge on any atom is 0.331 e. The summed E-state index contributed by atoms with van der Waals surface area (Å²) in [6.07, 6.45) is -16.3. The van der Waals surface area contributed by atoms with Crippen LogP contribution in [0.1, 0.15) is 18.1 Å². The number of hydrogen-bond acceptors (Lipinski definition) is 18. The van der Waals surface area contributed by atoms with E-state index in [-0.39, 0.29) is 24.7 Å². The normalized spacial score (nSPS) is 36.5. The van der Waals surface area contributed by atoms with Crippen molar-refractivity contribution in [3.8, 4) is 17.2 Å². The lowest BCUT2D eigenvalue weighted by atomic mass is 9.96. The Morgan fingerprint density at radius 3 is 2.13 bits per heavy atom. The summed E-state index contributed by atoms with van der Waals surface area (Å²) in [5.41, 5.74) is 1.04. The molecule has 18 heteroatoms. The Kier molecular flexibility index (Phi) is 13.8. The molecule has 0 aromatic heterocycles. The molecule has 292 valence electrons. The lowest BCUT2D eigenvalue weighted by molar-refractivity contribution is -0.371. The van der Waals surface area contributed by atoms with Gasteiger partial charge < -0.3 is 84.2 Å². The van der Waals surface area contributed by atoms with E-state index in [0.29, 0.717) is 5.56 Å². The number of aliphatic hydroxyl groups excluding tert-OH is 7. The highest BCUT2D eigenvalue weighted by Gasteiger charge is 2.53. The molecular weight excluding hydrogens is 708 g/mol. The van der Waals surface area contributed by atoms with Crippen LogP contribution in [0.4, 0.5) is 0 Å². The van der Waals surface area contributed by atoms with Gasteiger partial charge in [0.05, 0.1) is 25.9 Å². The van der Waals surface area contributed by atoms with Gasteiger partial charge in [0.25, 0.3) is 0 Å². The minimum Gasteiger partial charge on any atom is -0.508 e. The first-order valence-corrected chi connectivity index (χ1v) is 16.7. The van der Waals surface area contributed by atoms with Crippen LogP contribution < -0.4 is 0 Å². The molecule has 14 atom stereocenters. The third-order valence-electron chi connectivity index (χ3n) is 8.83. The molecular formula is C35H44O18. The van der Waals surface area contributed by atoms with Crippen LogP contribution in [0, 0.1) is 0 Å². The van der Waals surface area contributed by atoms with E-state index in [0.717, 1.165) is 11.6 Å². The van der Waals surface area contributed by atoms with E-state index in [1.165, 1.54) is 43.3 Å². The molecule has 0 aliphatic carbocycles. The van der Waals surface area contributed by atoms with Gasteiger partial charge >= 0.3 is 5.97 Å². The lowest BCUT2D eigenvalue weighted by Gasteiger charge is -2.47. The van der Waals surface area contributed by atoms with Crippen molar-refractivity contribution >= 4 is 18.1 Å². The van der Waals surface area contributed by atoms with E-state index >= 15 is 0 Å². The van der Waals surface area contributed by atoms with Crippen molar-refractivity contribution in [2.45, 2.75) is 92.9 Å². The molecule has 3 heterocycles. The molecule has 18 nitrogen and oxygen atoms in total. The van der Waals surface area contributed by atoms with Crippen molar-refractivity contribution in [3.63, 3.8) is 0 Å². The SMILES string of the molecule is C[C@@H]1O[C@@H](O[C@@H]2[C@@H](O)[C@H](OC/C=C/c3ccc(O)cc3)O[C@H](CO)[C@H]2OC(=O)/C=C/c2ccc(O)c(O)c2)[C@H](O)[C@H](O)[C@H]1O[C@@H]1OC[C@@H](O)[C@H](O)[C@H]1O. The smallest absolute Gasteiger partial charge is 0.331 e. The Morgan fingerprint density at radius 1 is 0.755 bits per heavy atom. The van der Waals surface area contributed by atoms with Gasteiger partial charge in [0.2, 0.25) is 0 Å². The van der Waals surface area contributed by atoms with E-state index in [1.54, 1.807) is 24.3 Å². The first-order valence-electron chi connectivity index (χ1n) is 16.7. The largest absolute Gasteiger partial charge is 0.508 e. The minimum absolute atomic E-state index is 0.0817. The number of phenols is 3. The van der Waals surface area contributed by atoms with Gasteiger partial charge in [0, 0.05) is 6.08 Å². The van der Waals surface area contributed by atoms with Crippen LogP contribution in [0.25, 0.3) is 12.2 Å². The molecule has 0 saturated carbocycles. The van der Waals surface area contributed by atoms with Crippen LogP contribution >= 0.6 is 0 Å². The van der Waals surface area contributed by atoms with Gasteiger partial charge in [-0.15, -0.1) is 0 Å². The lowest BCUT2D eigenvalue weighted by Crippen LogP contribution is -2.66. The summed E-state index contributed by atoms with van der Waals surface area (Å²) in [6.45, 7) is 0.156. The second kappa shape index (κ2) is 18.1. The summed E-state index contributed by atoms with van der Waals surface area (Å²) in [7, 11) is 0. The monoisotopic (exact) mass is 752 g/mol. The maximum atomic E-state index is 13.0. The van der Waals surface area contributed by atoms with Gasteiger partial charge in [-0.25, -0.2) is 4.79 Å². The van der Waals surface area contributed by atoms with Gasteiger partial charge in [-0.05, 0) is 48.4 Å². The second-order valence-electron chi connectivity index (χ2n) is 12.7. The van der Waals surface area contributed by atoms with Crippen molar-refractivity contribution in [3.05, 3.63) is 65.7 Å². The van der Waals surface area contributed by atoms with E-state index in [4.69, 9.17) is 33.2 Å². The van der Waals surface area contributed by atoms with Crippen molar-refractivity contribution in [1.29, 1.82) is 0 Å². The van der Waals surface area contributed by atoms with Crippen LogP contribution in [-0.2, 0) is 38.0 Å². The van der Waals surface area contributed by atoms with E-state index < -0.39 is 104 Å². The first-order chi connectivity index (χ1) is 25.3. The summed E-state index contributed by atoms with van der Waals surface area (Å²) in [6, 6.07) is 10.1. The summed E-state index contributed by atoms with van der Waals surface area (Å²) >= 11 is 0. The quantitative estimate of drug-likeness (QED) is 0.0651. The van der Waals surface area contributed by atoms with Crippen molar-refractivity contribution < 1.29 is 89.0 Å². The predicted molar refractivity (Wildman–Crippen MR) is 177 cm³/mol. The maximum absolute atomic E-state index is 13.0. The number of benzene rings is 2. The summed E-state index contributed by atoms with van der Waals surface area (Å²) < 4.78 is 39.7. The molecule has 2 aromatic carbocycles. The fourth-order valence-electron chi connectivity index (χ4n) is 5.89. The Balaban J connectivity index is 1.32. The van der Waals surface area contributed by atoms with Gasteiger partial charge in [-0.2, -0.15) is 0 Å². The van der Waals surface area contributed by atoms with Crippen molar-refractivity contribution in [2.75, 3.05) is 19.8 Å². The highest BCUT2D eigenvalue weighted by Crippen LogP contribution is 2.33. The number of esters is 1. The Morgan fingerprint density at radius 2 is 1.43 bits per heavy atom. The standard InChI is InChI=1S/C35H44O18/c1-16-30(52-33-27(44)25(42)22(40)15-48-33)26(43)28(45)35(49-16)53-32-29(46)34(47-12-2-3-17-4-8-19(37)9-5-17)50-23(14-36)31(32)51-24(41)11-7-18-6-10-20(38)21(39)13-18/h2-11,13,16,22-23,25-40,42-46H,12,14-15H2,1H3/b3-2+,11-7+/t16-,22+,23+,25-,26-,27+,28+,29+,30-,31+,32+,33-,34+,35-/m0/s1. The van der Waals surface area contributed by atoms with Crippen LogP contribution in [0.5, 0.6) is 17.2 Å². The molecule has 0 radical (unpaired) electrons. The van der Waals surface area contributed by atoms with Crippen molar-refractivity contribution in [2.24, 2.45) is 0 Å². The number of carbonyl (C=O) groups excluding carboxylic acids is 1. The highest BCUT2D eigenvalue weighted by atomic mass is 16.8. The number of phenolic OH excluding ortho intramolecular Hbond substituents is 3. The number of aliphatic hydroxyl groups is 7. The van der Waals surface area contributed by atoms with Gasteiger partial charge in [0.15, 0.2) is 36.5 Å². The average Bonchev–Trinajstić information content (AvgIpc) is 3.13. The number of hydrogen-bond donors (Lipinski definition) is 10. The number of aromatic hydroxyl groups is 3. The number of rotatable bonds is 12. The first kappa shape index (κ1) is 40.5. The summed E-state index contributed by atoms with van der Waals surface area (Å²) in [5, 5.41) is 103. The molecule has 2 aromatic rings.